The predicted octanol–water partition coefficient (Wildman–Crippen LogP) is 2.92. The van der Waals surface area contributed by atoms with Gasteiger partial charge >= 0.3 is 6.03 Å². The Morgan fingerprint density at radius 1 is 1.23 bits per heavy atom. The fraction of sp³-hybridized carbons (Fsp3) is 0.550. The second-order valence-corrected chi connectivity index (χ2v) is 7.38. The number of benzene rings is 1. The van der Waals surface area contributed by atoms with Crippen LogP contribution in [0.15, 0.2) is 30.3 Å². The molecule has 4 amide bonds. The SMILES string of the molecule is CCC(C)N(Cc1ccccc1)C(=O)CCCN1C(=O)NC(C)(C)C1=O. The van der Waals surface area contributed by atoms with Crippen LogP contribution in [-0.4, -0.2) is 45.8 Å². The first-order chi connectivity index (χ1) is 12.3. The highest BCUT2D eigenvalue weighted by atomic mass is 16.2. The Hall–Kier alpha value is -2.37. The summed E-state index contributed by atoms with van der Waals surface area (Å²) in [6.45, 7) is 8.31. The van der Waals surface area contributed by atoms with Crippen molar-refractivity contribution < 1.29 is 14.4 Å². The molecular formula is C20H29N3O3. The molecule has 6 heteroatoms. The van der Waals surface area contributed by atoms with Crippen molar-refractivity contribution >= 4 is 17.8 Å². The Bertz CT molecular complexity index is 658. The molecule has 26 heavy (non-hydrogen) atoms. The number of urea groups is 1. The highest BCUT2D eigenvalue weighted by molar-refractivity contribution is 6.06. The van der Waals surface area contributed by atoms with Gasteiger partial charge in [-0.15, -0.1) is 0 Å². The molecule has 0 spiro atoms. The van der Waals surface area contributed by atoms with E-state index >= 15 is 0 Å². The largest absolute Gasteiger partial charge is 0.336 e. The molecule has 0 bridgehead atoms. The average Bonchev–Trinajstić information content (AvgIpc) is 2.81. The van der Waals surface area contributed by atoms with Crippen molar-refractivity contribution in [3.05, 3.63) is 35.9 Å². The Kier molecular flexibility index (Phi) is 6.40. The number of carbonyl (C=O) groups excluding carboxylic acids is 3. The zero-order valence-corrected chi connectivity index (χ0v) is 16.1. The van der Waals surface area contributed by atoms with Crippen molar-refractivity contribution in [2.75, 3.05) is 6.54 Å². The number of nitrogens with zero attached hydrogens (tertiary/aromatic N) is 2. The standard InChI is InChI=1S/C20H29N3O3/c1-5-15(2)23(14-16-10-7-6-8-11-16)17(24)12-9-13-22-18(25)20(3,4)21-19(22)26/h6-8,10-11,15H,5,9,12-14H2,1-4H3,(H,21,26). The third kappa shape index (κ3) is 4.62. The highest BCUT2D eigenvalue weighted by Gasteiger charge is 2.43. The Labute approximate surface area is 155 Å². The maximum absolute atomic E-state index is 12.7. The summed E-state index contributed by atoms with van der Waals surface area (Å²) >= 11 is 0. The summed E-state index contributed by atoms with van der Waals surface area (Å²) in [6, 6.07) is 9.67. The molecule has 6 nitrogen and oxygen atoms in total. The molecule has 1 heterocycles. The van der Waals surface area contributed by atoms with Crippen LogP contribution >= 0.6 is 0 Å². The van der Waals surface area contributed by atoms with Crippen molar-refractivity contribution in [1.82, 2.24) is 15.1 Å². The zero-order chi connectivity index (χ0) is 19.3. The molecule has 2 rings (SSSR count). The van der Waals surface area contributed by atoms with Gasteiger partial charge < -0.3 is 10.2 Å². The molecule has 0 aliphatic carbocycles. The van der Waals surface area contributed by atoms with E-state index in [0.29, 0.717) is 19.4 Å². The minimum Gasteiger partial charge on any atom is -0.336 e. The zero-order valence-electron chi connectivity index (χ0n) is 16.1. The van der Waals surface area contributed by atoms with Crippen LogP contribution in [0.5, 0.6) is 0 Å². The first-order valence-corrected chi connectivity index (χ1v) is 9.23. The number of amides is 4. The Morgan fingerprint density at radius 3 is 2.42 bits per heavy atom. The van der Waals surface area contributed by atoms with E-state index in [-0.39, 0.29) is 30.4 Å². The van der Waals surface area contributed by atoms with Gasteiger partial charge in [0.05, 0.1) is 0 Å². The molecule has 1 saturated heterocycles. The lowest BCUT2D eigenvalue weighted by molar-refractivity contribution is -0.135. The third-order valence-corrected chi connectivity index (χ3v) is 4.86. The van der Waals surface area contributed by atoms with Gasteiger partial charge in [-0.05, 0) is 39.2 Å². The summed E-state index contributed by atoms with van der Waals surface area (Å²) in [5.41, 5.74) is 0.231. The van der Waals surface area contributed by atoms with E-state index in [9.17, 15) is 14.4 Å². The van der Waals surface area contributed by atoms with Crippen LogP contribution in [0.4, 0.5) is 4.79 Å². The van der Waals surface area contributed by atoms with Crippen LogP contribution in [0.2, 0.25) is 0 Å². The van der Waals surface area contributed by atoms with Crippen LogP contribution in [0.3, 0.4) is 0 Å². The lowest BCUT2D eigenvalue weighted by Crippen LogP contribution is -2.40. The van der Waals surface area contributed by atoms with E-state index < -0.39 is 5.54 Å². The molecule has 1 fully saturated rings. The number of rotatable bonds is 8. The molecular weight excluding hydrogens is 330 g/mol. The second kappa shape index (κ2) is 8.34. The summed E-state index contributed by atoms with van der Waals surface area (Å²) in [7, 11) is 0. The molecule has 1 N–H and O–H groups in total. The Morgan fingerprint density at radius 2 is 1.88 bits per heavy atom. The van der Waals surface area contributed by atoms with Gasteiger partial charge in [0.1, 0.15) is 5.54 Å². The molecule has 1 aromatic rings. The topological polar surface area (TPSA) is 69.7 Å². The quantitative estimate of drug-likeness (QED) is 0.726. The fourth-order valence-corrected chi connectivity index (χ4v) is 3.04. The monoisotopic (exact) mass is 359 g/mol. The first-order valence-electron chi connectivity index (χ1n) is 9.23. The fourth-order valence-electron chi connectivity index (χ4n) is 3.04. The van der Waals surface area contributed by atoms with Crippen molar-refractivity contribution in [2.45, 2.75) is 65.1 Å². The smallest absolute Gasteiger partial charge is 0.325 e. The number of hydrogen-bond acceptors (Lipinski definition) is 3. The molecule has 1 aliphatic rings. The number of nitrogens with one attached hydrogen (secondary N) is 1. The predicted molar refractivity (Wildman–Crippen MR) is 100 cm³/mol. The highest BCUT2D eigenvalue weighted by Crippen LogP contribution is 2.18. The number of imide groups is 1. The average molecular weight is 359 g/mol. The van der Waals surface area contributed by atoms with Crippen molar-refractivity contribution in [3.63, 3.8) is 0 Å². The first kappa shape index (κ1) is 19.9. The van der Waals surface area contributed by atoms with E-state index in [1.807, 2.05) is 42.2 Å². The van der Waals surface area contributed by atoms with Crippen LogP contribution < -0.4 is 5.32 Å². The van der Waals surface area contributed by atoms with E-state index in [1.165, 1.54) is 4.90 Å². The van der Waals surface area contributed by atoms with Crippen molar-refractivity contribution in [2.24, 2.45) is 0 Å². The van der Waals surface area contributed by atoms with Gasteiger partial charge in [-0.25, -0.2) is 4.79 Å². The van der Waals surface area contributed by atoms with Crippen LogP contribution in [-0.2, 0) is 16.1 Å². The van der Waals surface area contributed by atoms with Gasteiger partial charge in [-0.3, -0.25) is 14.5 Å². The summed E-state index contributed by atoms with van der Waals surface area (Å²) in [4.78, 5) is 39.9. The Balaban J connectivity index is 1.93. The van der Waals surface area contributed by atoms with Crippen molar-refractivity contribution in [3.8, 4) is 0 Å². The third-order valence-electron chi connectivity index (χ3n) is 4.86. The van der Waals surface area contributed by atoms with Crippen LogP contribution in [0, 0.1) is 0 Å². The summed E-state index contributed by atoms with van der Waals surface area (Å²) in [6.07, 6.45) is 1.66. The molecule has 142 valence electrons. The van der Waals surface area contributed by atoms with Gasteiger partial charge in [0, 0.05) is 25.6 Å². The maximum atomic E-state index is 12.7. The van der Waals surface area contributed by atoms with E-state index in [2.05, 4.69) is 12.2 Å². The van der Waals surface area contributed by atoms with Gasteiger partial charge in [0.25, 0.3) is 5.91 Å². The summed E-state index contributed by atoms with van der Waals surface area (Å²) in [5.74, 6) is -0.187. The van der Waals surface area contributed by atoms with E-state index in [4.69, 9.17) is 0 Å². The van der Waals surface area contributed by atoms with E-state index in [1.54, 1.807) is 13.8 Å². The van der Waals surface area contributed by atoms with Gasteiger partial charge in [0.15, 0.2) is 0 Å². The number of carbonyl (C=O) groups is 3. The van der Waals surface area contributed by atoms with Gasteiger partial charge in [-0.1, -0.05) is 37.3 Å². The van der Waals surface area contributed by atoms with Gasteiger partial charge in [-0.2, -0.15) is 0 Å². The van der Waals surface area contributed by atoms with Crippen LogP contribution in [0.1, 0.15) is 52.5 Å². The minimum atomic E-state index is -0.864. The number of hydrogen-bond donors (Lipinski definition) is 1. The maximum Gasteiger partial charge on any atom is 0.325 e. The molecule has 1 aliphatic heterocycles. The van der Waals surface area contributed by atoms with Crippen molar-refractivity contribution in [1.29, 1.82) is 0 Å². The normalized spacial score (nSPS) is 17.2. The second-order valence-electron chi connectivity index (χ2n) is 7.38. The molecule has 1 unspecified atom stereocenters. The lowest BCUT2D eigenvalue weighted by atomic mass is 10.1. The molecule has 1 aromatic carbocycles. The summed E-state index contributed by atoms with van der Waals surface area (Å²) in [5, 5.41) is 2.66. The molecule has 0 radical (unpaired) electrons. The minimum absolute atomic E-state index is 0.0505. The molecule has 1 atom stereocenters. The lowest BCUT2D eigenvalue weighted by Gasteiger charge is -2.29. The molecule has 0 saturated carbocycles. The van der Waals surface area contributed by atoms with Gasteiger partial charge in [0.2, 0.25) is 5.91 Å². The van der Waals surface area contributed by atoms with E-state index in [0.717, 1.165) is 12.0 Å². The molecule has 0 aromatic heterocycles. The summed E-state index contributed by atoms with van der Waals surface area (Å²) < 4.78 is 0. The van der Waals surface area contributed by atoms with Crippen LogP contribution in [0.25, 0.3) is 0 Å².